The molecule has 0 aromatic carbocycles. The molecule has 1 unspecified atom stereocenters. The van der Waals surface area contributed by atoms with Crippen molar-refractivity contribution in [3.05, 3.63) is 11.6 Å². The predicted octanol–water partition coefficient (Wildman–Crippen LogP) is 3.94. The maximum absolute atomic E-state index is 6.04. The van der Waals surface area contributed by atoms with Crippen LogP contribution in [0.3, 0.4) is 0 Å². The number of hydrogen-bond acceptors (Lipinski definition) is 1. The van der Waals surface area contributed by atoms with Crippen LogP contribution in [0, 0.1) is 17.8 Å². The minimum absolute atomic E-state index is 0.327. The minimum atomic E-state index is 0.327. The number of fused-ring (bicyclic) bond motifs is 1. The predicted molar refractivity (Wildman–Crippen MR) is 66.3 cm³/mol. The van der Waals surface area contributed by atoms with Crippen LogP contribution in [-0.2, 0) is 4.74 Å². The molecule has 0 N–H and O–H groups in total. The fraction of sp³-hybridized carbons (Fsp3) is 0.867. The van der Waals surface area contributed by atoms with Crippen LogP contribution in [0.25, 0.3) is 0 Å². The quantitative estimate of drug-likeness (QED) is 0.482. The monoisotopic (exact) mass is 220 g/mol. The van der Waals surface area contributed by atoms with E-state index in [4.69, 9.17) is 4.74 Å². The van der Waals surface area contributed by atoms with Gasteiger partial charge in [-0.05, 0) is 56.8 Å². The molecule has 2 fully saturated rings. The first-order chi connectivity index (χ1) is 7.61. The molecule has 3 aliphatic rings. The molecule has 4 atom stereocenters. The third-order valence-electron chi connectivity index (χ3n) is 5.09. The topological polar surface area (TPSA) is 12.5 Å². The highest BCUT2D eigenvalue weighted by Crippen LogP contribution is 2.55. The summed E-state index contributed by atoms with van der Waals surface area (Å²) in [4.78, 5) is 0. The van der Waals surface area contributed by atoms with Crippen molar-refractivity contribution in [3.8, 4) is 0 Å². The van der Waals surface area contributed by atoms with E-state index in [1.807, 2.05) is 0 Å². The highest BCUT2D eigenvalue weighted by molar-refractivity contribution is 5.16. The Morgan fingerprint density at radius 3 is 2.94 bits per heavy atom. The molecule has 1 heterocycles. The second kappa shape index (κ2) is 3.60. The van der Waals surface area contributed by atoms with Gasteiger partial charge in [-0.3, -0.25) is 0 Å². The molecule has 0 radical (unpaired) electrons. The van der Waals surface area contributed by atoms with E-state index in [2.05, 4.69) is 26.8 Å². The van der Waals surface area contributed by atoms with Crippen molar-refractivity contribution < 1.29 is 4.74 Å². The van der Waals surface area contributed by atoms with Crippen LogP contribution in [0.4, 0.5) is 0 Å². The molecule has 2 aliphatic carbocycles. The van der Waals surface area contributed by atoms with Crippen LogP contribution >= 0.6 is 0 Å². The standard InChI is InChI=1S/C15H24O/c1-10(2)13-6-7-15-9-12(13)8-11(3)4-5-14(15)16-15/h8,10,12-14H,4-7,9H2,1-3H3/b11-8-/t12-,13?,14+,15-/m0/s1. The lowest BCUT2D eigenvalue weighted by molar-refractivity contribution is 0.132. The summed E-state index contributed by atoms with van der Waals surface area (Å²) in [5, 5.41) is 0. The SMILES string of the molecule is C/C1=C/[C@H]2C[C@]3(CCC2C(C)C)O[C@@H]3CC1. The van der Waals surface area contributed by atoms with E-state index in [9.17, 15) is 0 Å². The van der Waals surface area contributed by atoms with Gasteiger partial charge in [0.2, 0.25) is 0 Å². The van der Waals surface area contributed by atoms with Gasteiger partial charge in [0.1, 0.15) is 0 Å². The highest BCUT2D eigenvalue weighted by atomic mass is 16.6. The maximum Gasteiger partial charge on any atom is 0.0954 e. The summed E-state index contributed by atoms with van der Waals surface area (Å²) in [6.45, 7) is 7.08. The number of allylic oxidation sites excluding steroid dienone is 2. The van der Waals surface area contributed by atoms with E-state index < -0.39 is 0 Å². The molecule has 1 saturated carbocycles. The Hall–Kier alpha value is -0.300. The first kappa shape index (κ1) is 10.8. The van der Waals surface area contributed by atoms with Gasteiger partial charge in [-0.2, -0.15) is 0 Å². The molecular weight excluding hydrogens is 196 g/mol. The summed E-state index contributed by atoms with van der Waals surface area (Å²) >= 11 is 0. The molecule has 0 aromatic rings. The summed E-state index contributed by atoms with van der Waals surface area (Å²) < 4.78 is 6.04. The molecule has 3 rings (SSSR count). The minimum Gasteiger partial charge on any atom is -0.366 e. The lowest BCUT2D eigenvalue weighted by atomic mass is 9.67. The lowest BCUT2D eigenvalue weighted by Gasteiger charge is -2.37. The number of ether oxygens (including phenoxy) is 1. The third kappa shape index (κ3) is 1.64. The average Bonchev–Trinajstić information content (AvgIpc) is 2.86. The Bertz CT molecular complexity index is 317. The molecule has 1 saturated heterocycles. The second-order valence-electron chi connectivity index (χ2n) is 6.54. The van der Waals surface area contributed by atoms with Gasteiger partial charge in [-0.1, -0.05) is 25.5 Å². The first-order valence-electron chi connectivity index (χ1n) is 6.96. The summed E-state index contributed by atoms with van der Waals surface area (Å²) in [7, 11) is 0. The number of epoxide rings is 1. The van der Waals surface area contributed by atoms with E-state index in [0.717, 1.165) is 17.8 Å². The van der Waals surface area contributed by atoms with Gasteiger partial charge in [-0.25, -0.2) is 0 Å². The summed E-state index contributed by atoms with van der Waals surface area (Å²) in [6, 6.07) is 0. The fourth-order valence-electron chi connectivity index (χ4n) is 4.07. The Morgan fingerprint density at radius 1 is 1.38 bits per heavy atom. The van der Waals surface area contributed by atoms with Crippen molar-refractivity contribution in [2.24, 2.45) is 17.8 Å². The molecule has 0 amide bonds. The normalized spacial score (nSPS) is 50.0. The Kier molecular flexibility index (Phi) is 2.43. The summed E-state index contributed by atoms with van der Waals surface area (Å²) in [5.41, 5.74) is 1.93. The molecule has 0 aromatic heterocycles. The van der Waals surface area contributed by atoms with E-state index >= 15 is 0 Å². The van der Waals surface area contributed by atoms with Gasteiger partial charge in [0.15, 0.2) is 0 Å². The van der Waals surface area contributed by atoms with Crippen LogP contribution in [0.2, 0.25) is 0 Å². The zero-order valence-corrected chi connectivity index (χ0v) is 10.8. The molecular formula is C15H24O. The van der Waals surface area contributed by atoms with Crippen LogP contribution in [0.5, 0.6) is 0 Å². The molecule has 1 heteroatoms. The van der Waals surface area contributed by atoms with Crippen molar-refractivity contribution in [2.45, 2.75) is 64.6 Å². The van der Waals surface area contributed by atoms with Crippen molar-refractivity contribution >= 4 is 0 Å². The van der Waals surface area contributed by atoms with Gasteiger partial charge >= 0.3 is 0 Å². The molecule has 16 heavy (non-hydrogen) atoms. The van der Waals surface area contributed by atoms with Crippen LogP contribution in [0.15, 0.2) is 11.6 Å². The molecule has 1 spiro atoms. The Balaban J connectivity index is 1.86. The molecule has 1 nitrogen and oxygen atoms in total. The number of rotatable bonds is 1. The van der Waals surface area contributed by atoms with E-state index in [-0.39, 0.29) is 0 Å². The van der Waals surface area contributed by atoms with E-state index in [1.54, 1.807) is 5.57 Å². The van der Waals surface area contributed by atoms with Crippen molar-refractivity contribution in [1.29, 1.82) is 0 Å². The van der Waals surface area contributed by atoms with Crippen molar-refractivity contribution in [3.63, 3.8) is 0 Å². The van der Waals surface area contributed by atoms with Gasteiger partial charge in [0.25, 0.3) is 0 Å². The molecule has 90 valence electrons. The van der Waals surface area contributed by atoms with Crippen LogP contribution in [0.1, 0.15) is 52.9 Å². The number of hydrogen-bond donors (Lipinski definition) is 0. The summed E-state index contributed by atoms with van der Waals surface area (Å²) in [5.74, 6) is 2.51. The zero-order chi connectivity index (χ0) is 11.3. The molecule has 2 bridgehead atoms. The summed E-state index contributed by atoms with van der Waals surface area (Å²) in [6.07, 6.45) is 9.70. The third-order valence-corrected chi connectivity index (χ3v) is 5.09. The van der Waals surface area contributed by atoms with E-state index in [0.29, 0.717) is 11.7 Å². The van der Waals surface area contributed by atoms with Gasteiger partial charge in [0, 0.05) is 0 Å². The Morgan fingerprint density at radius 2 is 2.19 bits per heavy atom. The van der Waals surface area contributed by atoms with E-state index in [1.165, 1.54) is 32.1 Å². The van der Waals surface area contributed by atoms with Gasteiger partial charge < -0.3 is 4.74 Å². The fourth-order valence-corrected chi connectivity index (χ4v) is 4.07. The largest absolute Gasteiger partial charge is 0.366 e. The van der Waals surface area contributed by atoms with Crippen molar-refractivity contribution in [2.75, 3.05) is 0 Å². The highest BCUT2D eigenvalue weighted by Gasteiger charge is 2.59. The Labute approximate surface area is 99.3 Å². The first-order valence-corrected chi connectivity index (χ1v) is 6.96. The lowest BCUT2D eigenvalue weighted by Crippen LogP contribution is -2.34. The molecule has 1 aliphatic heterocycles. The zero-order valence-electron chi connectivity index (χ0n) is 10.8. The van der Waals surface area contributed by atoms with Crippen LogP contribution in [-0.4, -0.2) is 11.7 Å². The van der Waals surface area contributed by atoms with Gasteiger partial charge in [-0.15, -0.1) is 0 Å². The van der Waals surface area contributed by atoms with Gasteiger partial charge in [0.05, 0.1) is 11.7 Å². The second-order valence-corrected chi connectivity index (χ2v) is 6.54. The maximum atomic E-state index is 6.04. The van der Waals surface area contributed by atoms with Crippen molar-refractivity contribution in [1.82, 2.24) is 0 Å². The van der Waals surface area contributed by atoms with Crippen LogP contribution < -0.4 is 0 Å². The average molecular weight is 220 g/mol. The smallest absolute Gasteiger partial charge is 0.0954 e.